The minimum atomic E-state index is -3.85. The van der Waals surface area contributed by atoms with E-state index in [4.69, 9.17) is 20.9 Å². The van der Waals surface area contributed by atoms with Gasteiger partial charge in [-0.25, -0.2) is 17.5 Å². The molecule has 1 atom stereocenters. The highest BCUT2D eigenvalue weighted by molar-refractivity contribution is 7.89. The highest BCUT2D eigenvalue weighted by Crippen LogP contribution is 2.25. The van der Waals surface area contributed by atoms with Crippen molar-refractivity contribution in [2.24, 2.45) is 0 Å². The molecule has 27 heavy (non-hydrogen) atoms. The molecule has 0 saturated carbocycles. The third-order valence-corrected chi connectivity index (χ3v) is 5.75. The predicted molar refractivity (Wildman–Crippen MR) is 97.1 cm³/mol. The number of rotatable bonds is 6. The highest BCUT2D eigenvalue weighted by Gasteiger charge is 2.25. The van der Waals surface area contributed by atoms with Crippen molar-refractivity contribution in [1.82, 2.24) is 9.46 Å². The first-order chi connectivity index (χ1) is 12.5. The van der Waals surface area contributed by atoms with Crippen molar-refractivity contribution in [3.63, 3.8) is 0 Å². The van der Waals surface area contributed by atoms with Crippen LogP contribution in [-0.4, -0.2) is 50.0 Å². The maximum atomic E-state index is 12.3. The normalized spacial score (nSPS) is 12.7. The number of amides is 1. The van der Waals surface area contributed by atoms with E-state index in [-0.39, 0.29) is 21.4 Å². The molecular formula is C16H18ClN3O6S. The Labute approximate surface area is 161 Å². The highest BCUT2D eigenvalue weighted by atomic mass is 35.5. The van der Waals surface area contributed by atoms with Crippen molar-refractivity contribution >= 4 is 39.4 Å². The fourth-order valence-electron chi connectivity index (χ4n) is 1.95. The number of sulfonamides is 1. The number of aromatic nitrogens is 1. The van der Waals surface area contributed by atoms with Gasteiger partial charge in [0.2, 0.25) is 15.9 Å². The Morgan fingerprint density at radius 1 is 1.30 bits per heavy atom. The fraction of sp³-hybridized carbons (Fsp3) is 0.312. The van der Waals surface area contributed by atoms with Crippen LogP contribution in [0.15, 0.2) is 33.7 Å². The van der Waals surface area contributed by atoms with E-state index in [1.54, 1.807) is 6.92 Å². The first-order valence-corrected chi connectivity index (χ1v) is 9.51. The quantitative estimate of drug-likeness (QED) is 0.717. The average Bonchev–Trinajstić information content (AvgIpc) is 2.99. The van der Waals surface area contributed by atoms with Crippen LogP contribution < -0.4 is 5.32 Å². The summed E-state index contributed by atoms with van der Waals surface area (Å²) in [5.74, 6) is -1.39. The first kappa shape index (κ1) is 20.9. The summed E-state index contributed by atoms with van der Waals surface area (Å²) in [4.78, 5) is 24.1. The SMILES string of the molecule is Cc1cc(NC(=O)C(C)OC(=O)c2ccc(Cl)c(S(=O)(=O)N(C)C)c2)on1. The van der Waals surface area contributed by atoms with Gasteiger partial charge in [0.05, 0.1) is 16.3 Å². The van der Waals surface area contributed by atoms with Gasteiger partial charge in [-0.1, -0.05) is 16.8 Å². The third-order valence-electron chi connectivity index (χ3n) is 3.45. The Balaban J connectivity index is 2.14. The van der Waals surface area contributed by atoms with Crippen LogP contribution in [0.25, 0.3) is 0 Å². The molecule has 1 amide bonds. The molecule has 0 bridgehead atoms. The second-order valence-electron chi connectivity index (χ2n) is 5.80. The molecule has 0 aliphatic heterocycles. The lowest BCUT2D eigenvalue weighted by molar-refractivity contribution is -0.123. The van der Waals surface area contributed by atoms with Crippen molar-refractivity contribution in [2.45, 2.75) is 24.8 Å². The second-order valence-corrected chi connectivity index (χ2v) is 8.33. The molecule has 1 aromatic carbocycles. The minimum absolute atomic E-state index is 0.0354. The van der Waals surface area contributed by atoms with E-state index in [0.717, 1.165) is 10.4 Å². The number of esters is 1. The molecule has 1 heterocycles. The van der Waals surface area contributed by atoms with E-state index < -0.39 is 28.0 Å². The van der Waals surface area contributed by atoms with Crippen LogP contribution in [0.1, 0.15) is 23.0 Å². The molecule has 1 N–H and O–H groups in total. The zero-order valence-corrected chi connectivity index (χ0v) is 16.6. The Kier molecular flexibility index (Phi) is 6.24. The second kappa shape index (κ2) is 8.07. The van der Waals surface area contributed by atoms with Gasteiger partial charge in [-0.15, -0.1) is 0 Å². The first-order valence-electron chi connectivity index (χ1n) is 7.69. The summed E-state index contributed by atoms with van der Waals surface area (Å²) in [5, 5.41) is 6.00. The zero-order chi connectivity index (χ0) is 20.4. The number of anilines is 1. The third kappa shape index (κ3) is 4.85. The van der Waals surface area contributed by atoms with Crippen LogP contribution in [-0.2, 0) is 19.6 Å². The predicted octanol–water partition coefficient (Wildman–Crippen LogP) is 2.07. The van der Waals surface area contributed by atoms with E-state index >= 15 is 0 Å². The Bertz CT molecular complexity index is 970. The average molecular weight is 416 g/mol. The lowest BCUT2D eigenvalue weighted by Crippen LogP contribution is -2.30. The molecule has 0 aliphatic rings. The summed E-state index contributed by atoms with van der Waals surface area (Å²) in [5.41, 5.74) is 0.515. The van der Waals surface area contributed by atoms with Gasteiger partial charge in [-0.05, 0) is 32.0 Å². The van der Waals surface area contributed by atoms with Crippen LogP contribution >= 0.6 is 11.6 Å². The Hall–Kier alpha value is -2.43. The van der Waals surface area contributed by atoms with E-state index in [0.29, 0.717) is 5.69 Å². The monoisotopic (exact) mass is 415 g/mol. The molecule has 2 rings (SSSR count). The van der Waals surface area contributed by atoms with Crippen LogP contribution in [0.2, 0.25) is 5.02 Å². The molecule has 1 unspecified atom stereocenters. The van der Waals surface area contributed by atoms with Gasteiger partial charge < -0.3 is 9.26 Å². The summed E-state index contributed by atoms with van der Waals surface area (Å²) >= 11 is 5.94. The lowest BCUT2D eigenvalue weighted by atomic mass is 10.2. The number of aryl methyl sites for hydroxylation is 1. The van der Waals surface area contributed by atoms with Crippen molar-refractivity contribution in [2.75, 3.05) is 19.4 Å². The molecule has 0 radical (unpaired) electrons. The molecule has 0 aliphatic carbocycles. The number of nitrogens with one attached hydrogen (secondary N) is 1. The summed E-state index contributed by atoms with van der Waals surface area (Å²) < 4.78 is 35.5. The van der Waals surface area contributed by atoms with E-state index in [1.165, 1.54) is 39.2 Å². The van der Waals surface area contributed by atoms with Gasteiger partial charge in [0, 0.05) is 20.2 Å². The number of carbonyl (C=O) groups excluding carboxylic acids is 2. The van der Waals surface area contributed by atoms with Crippen molar-refractivity contribution in [3.8, 4) is 0 Å². The summed E-state index contributed by atoms with van der Waals surface area (Å²) in [7, 11) is -1.17. The van der Waals surface area contributed by atoms with Gasteiger partial charge in [-0.3, -0.25) is 10.1 Å². The lowest BCUT2D eigenvalue weighted by Gasteiger charge is -2.15. The molecule has 0 spiro atoms. The van der Waals surface area contributed by atoms with Crippen LogP contribution in [0, 0.1) is 6.92 Å². The number of ether oxygens (including phenoxy) is 1. The van der Waals surface area contributed by atoms with E-state index in [9.17, 15) is 18.0 Å². The summed E-state index contributed by atoms with van der Waals surface area (Å²) in [6.45, 7) is 3.05. The molecule has 11 heteroatoms. The van der Waals surface area contributed by atoms with E-state index in [2.05, 4.69) is 10.5 Å². The van der Waals surface area contributed by atoms with Gasteiger partial charge in [-0.2, -0.15) is 0 Å². The molecule has 146 valence electrons. The van der Waals surface area contributed by atoms with Gasteiger partial charge >= 0.3 is 5.97 Å². The van der Waals surface area contributed by atoms with Gasteiger partial charge in [0.15, 0.2) is 6.10 Å². The molecule has 9 nitrogen and oxygen atoms in total. The largest absolute Gasteiger partial charge is 0.449 e. The number of hydrogen-bond donors (Lipinski definition) is 1. The maximum absolute atomic E-state index is 12.3. The number of benzene rings is 1. The smallest absolute Gasteiger partial charge is 0.338 e. The summed E-state index contributed by atoms with van der Waals surface area (Å²) in [6, 6.07) is 5.19. The number of halogens is 1. The van der Waals surface area contributed by atoms with Crippen LogP contribution in [0.4, 0.5) is 5.88 Å². The molecular weight excluding hydrogens is 398 g/mol. The number of hydrogen-bond acceptors (Lipinski definition) is 7. The summed E-state index contributed by atoms with van der Waals surface area (Å²) in [6.07, 6.45) is -1.16. The van der Waals surface area contributed by atoms with Crippen LogP contribution in [0.5, 0.6) is 0 Å². The fourth-order valence-corrected chi connectivity index (χ4v) is 3.35. The zero-order valence-electron chi connectivity index (χ0n) is 15.0. The van der Waals surface area contributed by atoms with Gasteiger partial charge in [0.1, 0.15) is 4.90 Å². The van der Waals surface area contributed by atoms with Crippen molar-refractivity contribution in [1.29, 1.82) is 0 Å². The standard InChI is InChI=1S/C16H18ClN3O6S/c1-9-7-14(26-19-9)18-15(21)10(2)25-16(22)11-5-6-12(17)13(8-11)27(23,24)20(3)4/h5-8,10H,1-4H3,(H,18,21). The topological polar surface area (TPSA) is 119 Å². The Morgan fingerprint density at radius 2 is 1.96 bits per heavy atom. The molecule has 2 aromatic rings. The van der Waals surface area contributed by atoms with Crippen molar-refractivity contribution in [3.05, 3.63) is 40.5 Å². The van der Waals surface area contributed by atoms with Gasteiger partial charge in [0.25, 0.3) is 5.91 Å². The number of carbonyl (C=O) groups is 2. The molecule has 1 aromatic heterocycles. The van der Waals surface area contributed by atoms with Crippen molar-refractivity contribution < 1.29 is 27.3 Å². The minimum Gasteiger partial charge on any atom is -0.449 e. The molecule has 0 fully saturated rings. The van der Waals surface area contributed by atoms with Crippen LogP contribution in [0.3, 0.4) is 0 Å². The molecule has 0 saturated heterocycles. The van der Waals surface area contributed by atoms with E-state index in [1.807, 2.05) is 0 Å². The number of nitrogens with zero attached hydrogens (tertiary/aromatic N) is 2. The Morgan fingerprint density at radius 3 is 2.52 bits per heavy atom. The maximum Gasteiger partial charge on any atom is 0.338 e.